The lowest BCUT2D eigenvalue weighted by molar-refractivity contribution is 0.206. The molecule has 90 valence electrons. The van der Waals surface area contributed by atoms with Gasteiger partial charge in [0.05, 0.1) is 6.61 Å². The molecule has 0 aromatic heterocycles. The van der Waals surface area contributed by atoms with Gasteiger partial charge in [0.25, 0.3) is 0 Å². The molecule has 0 unspecified atom stereocenters. The Morgan fingerprint density at radius 3 is 2.81 bits per heavy atom. The Balaban J connectivity index is 2.88. The Morgan fingerprint density at radius 2 is 2.19 bits per heavy atom. The molecule has 0 bridgehead atoms. The van der Waals surface area contributed by atoms with Gasteiger partial charge in [0, 0.05) is 38.5 Å². The average molecular weight is 226 g/mol. The molecule has 0 saturated carbocycles. The molecule has 4 heteroatoms. The molecule has 0 aliphatic heterocycles. The van der Waals surface area contributed by atoms with Gasteiger partial charge in [-0.15, -0.1) is 0 Å². The van der Waals surface area contributed by atoms with Crippen molar-refractivity contribution in [1.29, 1.82) is 0 Å². The van der Waals surface area contributed by atoms with Gasteiger partial charge in [-0.05, 0) is 19.2 Å². The van der Waals surface area contributed by atoms with E-state index >= 15 is 0 Å². The summed E-state index contributed by atoms with van der Waals surface area (Å²) in [6.45, 7) is 1.90. The van der Waals surface area contributed by atoms with Crippen LogP contribution in [0, 0.1) is 5.82 Å². The van der Waals surface area contributed by atoms with Crippen LogP contribution in [0.5, 0.6) is 0 Å². The van der Waals surface area contributed by atoms with Crippen LogP contribution in [-0.4, -0.2) is 34.4 Å². The zero-order valence-corrected chi connectivity index (χ0v) is 10.1. The third kappa shape index (κ3) is 3.18. The fourth-order valence-corrected chi connectivity index (χ4v) is 1.61. The van der Waals surface area contributed by atoms with E-state index in [2.05, 4.69) is 5.32 Å². The molecule has 0 atom stereocenters. The number of methoxy groups -OCH3 is 1. The molecule has 0 radical (unpaired) electrons. The van der Waals surface area contributed by atoms with Crippen LogP contribution in [0.2, 0.25) is 0 Å². The normalized spacial score (nSPS) is 10.5. The van der Waals surface area contributed by atoms with E-state index in [-0.39, 0.29) is 5.82 Å². The SMILES string of the molecule is CNCc1c(F)cccc1N(C)CCOC. The van der Waals surface area contributed by atoms with Gasteiger partial charge in [0.2, 0.25) is 0 Å². The van der Waals surface area contributed by atoms with Crippen LogP contribution in [-0.2, 0) is 11.3 Å². The molecule has 1 N–H and O–H groups in total. The number of anilines is 1. The minimum Gasteiger partial charge on any atom is -0.383 e. The minimum atomic E-state index is -0.170. The molecule has 1 rings (SSSR count). The van der Waals surface area contributed by atoms with Crippen LogP contribution in [0.1, 0.15) is 5.56 Å². The summed E-state index contributed by atoms with van der Waals surface area (Å²) < 4.78 is 18.6. The van der Waals surface area contributed by atoms with Crippen molar-refractivity contribution < 1.29 is 9.13 Å². The van der Waals surface area contributed by atoms with Crippen molar-refractivity contribution in [1.82, 2.24) is 5.32 Å². The van der Waals surface area contributed by atoms with E-state index in [1.54, 1.807) is 13.2 Å². The van der Waals surface area contributed by atoms with E-state index in [1.165, 1.54) is 6.07 Å². The van der Waals surface area contributed by atoms with Gasteiger partial charge in [-0.3, -0.25) is 0 Å². The summed E-state index contributed by atoms with van der Waals surface area (Å²) >= 11 is 0. The van der Waals surface area contributed by atoms with E-state index in [4.69, 9.17) is 4.74 Å². The van der Waals surface area contributed by atoms with Crippen LogP contribution in [0.4, 0.5) is 10.1 Å². The summed E-state index contributed by atoms with van der Waals surface area (Å²) in [5.74, 6) is -0.170. The number of nitrogens with zero attached hydrogens (tertiary/aromatic N) is 1. The lowest BCUT2D eigenvalue weighted by Gasteiger charge is -2.22. The topological polar surface area (TPSA) is 24.5 Å². The molecule has 1 aromatic carbocycles. The van der Waals surface area contributed by atoms with Gasteiger partial charge in [-0.25, -0.2) is 4.39 Å². The molecule has 0 spiro atoms. The first-order valence-electron chi connectivity index (χ1n) is 5.32. The van der Waals surface area contributed by atoms with Gasteiger partial charge in [-0.1, -0.05) is 6.07 Å². The van der Waals surface area contributed by atoms with Gasteiger partial charge in [0.1, 0.15) is 5.82 Å². The first kappa shape index (κ1) is 12.9. The van der Waals surface area contributed by atoms with E-state index in [9.17, 15) is 4.39 Å². The number of halogens is 1. The van der Waals surface area contributed by atoms with Crippen molar-refractivity contribution >= 4 is 5.69 Å². The summed E-state index contributed by atoms with van der Waals surface area (Å²) in [7, 11) is 5.41. The van der Waals surface area contributed by atoms with Gasteiger partial charge >= 0.3 is 0 Å². The Bertz CT molecular complexity index is 331. The van der Waals surface area contributed by atoms with Crippen molar-refractivity contribution in [2.24, 2.45) is 0 Å². The third-order valence-corrected chi connectivity index (χ3v) is 2.49. The predicted octanol–water partition coefficient (Wildman–Crippen LogP) is 1.63. The monoisotopic (exact) mass is 226 g/mol. The van der Waals surface area contributed by atoms with Crippen molar-refractivity contribution in [2.75, 3.05) is 39.3 Å². The number of hydrogen-bond donors (Lipinski definition) is 1. The molecule has 1 aromatic rings. The number of hydrogen-bond acceptors (Lipinski definition) is 3. The van der Waals surface area contributed by atoms with E-state index in [0.29, 0.717) is 18.7 Å². The zero-order chi connectivity index (χ0) is 12.0. The molecular weight excluding hydrogens is 207 g/mol. The highest BCUT2D eigenvalue weighted by molar-refractivity contribution is 5.53. The average Bonchev–Trinajstić information content (AvgIpc) is 2.29. The van der Waals surface area contributed by atoms with E-state index in [1.807, 2.05) is 25.1 Å². The quantitative estimate of drug-likeness (QED) is 0.798. The summed E-state index contributed by atoms with van der Waals surface area (Å²) in [5, 5.41) is 2.98. The lowest BCUT2D eigenvalue weighted by Crippen LogP contribution is -2.24. The van der Waals surface area contributed by atoms with Crippen molar-refractivity contribution in [3.63, 3.8) is 0 Å². The number of nitrogens with one attached hydrogen (secondary N) is 1. The number of rotatable bonds is 6. The van der Waals surface area contributed by atoms with Crippen LogP contribution >= 0.6 is 0 Å². The summed E-state index contributed by atoms with van der Waals surface area (Å²) in [6.07, 6.45) is 0. The van der Waals surface area contributed by atoms with Gasteiger partial charge < -0.3 is 15.0 Å². The maximum atomic E-state index is 13.6. The summed E-state index contributed by atoms with van der Waals surface area (Å²) in [4.78, 5) is 2.00. The number of likely N-dealkylation sites (N-methyl/N-ethyl adjacent to an activating group) is 1. The highest BCUT2D eigenvalue weighted by atomic mass is 19.1. The van der Waals surface area contributed by atoms with E-state index in [0.717, 1.165) is 12.2 Å². The summed E-state index contributed by atoms with van der Waals surface area (Å²) in [5.41, 5.74) is 1.61. The molecule has 3 nitrogen and oxygen atoms in total. The Hall–Kier alpha value is -1.13. The largest absolute Gasteiger partial charge is 0.383 e. The zero-order valence-electron chi connectivity index (χ0n) is 10.1. The first-order chi connectivity index (χ1) is 7.70. The second-order valence-corrected chi connectivity index (χ2v) is 3.68. The highest BCUT2D eigenvalue weighted by Crippen LogP contribution is 2.21. The van der Waals surface area contributed by atoms with Crippen LogP contribution in [0.15, 0.2) is 18.2 Å². The maximum absolute atomic E-state index is 13.6. The third-order valence-electron chi connectivity index (χ3n) is 2.49. The fourth-order valence-electron chi connectivity index (χ4n) is 1.61. The predicted molar refractivity (Wildman–Crippen MR) is 64.3 cm³/mol. The van der Waals surface area contributed by atoms with E-state index < -0.39 is 0 Å². The fraction of sp³-hybridized carbons (Fsp3) is 0.500. The van der Waals surface area contributed by atoms with Crippen LogP contribution in [0.25, 0.3) is 0 Å². The molecular formula is C12H19FN2O. The maximum Gasteiger partial charge on any atom is 0.129 e. The first-order valence-corrected chi connectivity index (χ1v) is 5.32. The Kier molecular flexibility index (Phi) is 5.22. The molecule has 0 amide bonds. The lowest BCUT2D eigenvalue weighted by atomic mass is 10.1. The van der Waals surface area contributed by atoms with Crippen LogP contribution < -0.4 is 10.2 Å². The minimum absolute atomic E-state index is 0.170. The molecule has 0 saturated heterocycles. The second-order valence-electron chi connectivity index (χ2n) is 3.68. The molecule has 0 aliphatic carbocycles. The smallest absolute Gasteiger partial charge is 0.129 e. The van der Waals surface area contributed by atoms with Crippen molar-refractivity contribution in [3.05, 3.63) is 29.6 Å². The van der Waals surface area contributed by atoms with Crippen LogP contribution in [0.3, 0.4) is 0 Å². The summed E-state index contributed by atoms with van der Waals surface area (Å²) in [6, 6.07) is 5.14. The number of ether oxygens (including phenoxy) is 1. The van der Waals surface area contributed by atoms with Gasteiger partial charge in [-0.2, -0.15) is 0 Å². The second kappa shape index (κ2) is 6.45. The van der Waals surface area contributed by atoms with Crippen molar-refractivity contribution in [3.8, 4) is 0 Å². The van der Waals surface area contributed by atoms with Gasteiger partial charge in [0.15, 0.2) is 0 Å². The van der Waals surface area contributed by atoms with Crippen molar-refractivity contribution in [2.45, 2.75) is 6.54 Å². The molecule has 0 fully saturated rings. The highest BCUT2D eigenvalue weighted by Gasteiger charge is 2.10. The molecule has 0 aliphatic rings. The molecule has 16 heavy (non-hydrogen) atoms. The molecule has 0 heterocycles. The Morgan fingerprint density at radius 1 is 1.44 bits per heavy atom. The Labute approximate surface area is 96.2 Å². The standard InChI is InChI=1S/C12H19FN2O/c1-14-9-10-11(13)5-4-6-12(10)15(2)7-8-16-3/h4-6,14H,7-9H2,1-3H3. The number of benzene rings is 1.